The van der Waals surface area contributed by atoms with Gasteiger partial charge in [0.15, 0.2) is 0 Å². The molecule has 4 amide bonds. The third kappa shape index (κ3) is 7.79. The van der Waals surface area contributed by atoms with Gasteiger partial charge in [-0.1, -0.05) is 18.2 Å². The van der Waals surface area contributed by atoms with Gasteiger partial charge in [-0.15, -0.1) is 0 Å². The SMILES string of the molecule is COCCN(CC(=O)Nc1ccc(N2CCN(C(=O)Nc3cccc(C)c3)CC2)cc1)C(=O)c1cccc(F)c1. The van der Waals surface area contributed by atoms with Gasteiger partial charge in [0.25, 0.3) is 5.91 Å². The van der Waals surface area contributed by atoms with E-state index in [2.05, 4.69) is 15.5 Å². The molecule has 4 rings (SSSR count). The minimum Gasteiger partial charge on any atom is -0.383 e. The molecule has 1 fully saturated rings. The van der Waals surface area contributed by atoms with Crippen molar-refractivity contribution in [2.24, 2.45) is 0 Å². The van der Waals surface area contributed by atoms with E-state index in [1.165, 1.54) is 30.2 Å². The molecule has 1 saturated heterocycles. The van der Waals surface area contributed by atoms with Gasteiger partial charge in [-0.25, -0.2) is 9.18 Å². The second kappa shape index (κ2) is 13.6. The Labute approximate surface area is 233 Å². The largest absolute Gasteiger partial charge is 0.383 e. The number of aryl methyl sites for hydroxylation is 1. The topological polar surface area (TPSA) is 94.2 Å². The third-order valence-electron chi connectivity index (χ3n) is 6.61. The van der Waals surface area contributed by atoms with Crippen LogP contribution in [0.2, 0.25) is 0 Å². The highest BCUT2D eigenvalue weighted by atomic mass is 19.1. The Hall–Kier alpha value is -4.44. The summed E-state index contributed by atoms with van der Waals surface area (Å²) >= 11 is 0. The maximum Gasteiger partial charge on any atom is 0.321 e. The number of nitrogens with zero attached hydrogens (tertiary/aromatic N) is 3. The first-order valence-electron chi connectivity index (χ1n) is 13.1. The van der Waals surface area contributed by atoms with Gasteiger partial charge in [-0.3, -0.25) is 9.59 Å². The highest BCUT2D eigenvalue weighted by Gasteiger charge is 2.22. The summed E-state index contributed by atoms with van der Waals surface area (Å²) in [5, 5.41) is 5.77. The molecule has 2 N–H and O–H groups in total. The van der Waals surface area contributed by atoms with E-state index in [0.29, 0.717) is 31.9 Å². The molecule has 0 atom stereocenters. The number of amides is 4. The van der Waals surface area contributed by atoms with Crippen molar-refractivity contribution in [1.82, 2.24) is 9.80 Å². The molecular formula is C30H34FN5O4. The van der Waals surface area contributed by atoms with Gasteiger partial charge in [-0.05, 0) is 67.1 Å². The summed E-state index contributed by atoms with van der Waals surface area (Å²) < 4.78 is 18.7. The Balaban J connectivity index is 1.28. The number of ether oxygens (including phenoxy) is 1. The summed E-state index contributed by atoms with van der Waals surface area (Å²) in [6.45, 7) is 4.76. The van der Waals surface area contributed by atoms with Crippen molar-refractivity contribution in [3.63, 3.8) is 0 Å². The number of hydrogen-bond donors (Lipinski definition) is 2. The Morgan fingerprint density at radius 3 is 2.30 bits per heavy atom. The van der Waals surface area contributed by atoms with Gasteiger partial charge < -0.3 is 30.1 Å². The smallest absolute Gasteiger partial charge is 0.321 e. The van der Waals surface area contributed by atoms with E-state index in [-0.39, 0.29) is 37.2 Å². The molecule has 40 heavy (non-hydrogen) atoms. The van der Waals surface area contributed by atoms with E-state index >= 15 is 0 Å². The van der Waals surface area contributed by atoms with E-state index in [9.17, 15) is 18.8 Å². The molecule has 10 heteroatoms. The van der Waals surface area contributed by atoms with Crippen LogP contribution in [0.1, 0.15) is 15.9 Å². The number of benzene rings is 3. The predicted molar refractivity (Wildman–Crippen MR) is 153 cm³/mol. The monoisotopic (exact) mass is 547 g/mol. The number of carbonyl (C=O) groups excluding carboxylic acids is 3. The van der Waals surface area contributed by atoms with Crippen molar-refractivity contribution in [2.75, 3.05) is 68.5 Å². The first kappa shape index (κ1) is 28.6. The van der Waals surface area contributed by atoms with E-state index in [0.717, 1.165) is 23.0 Å². The van der Waals surface area contributed by atoms with Crippen molar-refractivity contribution in [1.29, 1.82) is 0 Å². The fourth-order valence-electron chi connectivity index (χ4n) is 4.48. The normalized spacial score (nSPS) is 13.1. The van der Waals surface area contributed by atoms with Crippen LogP contribution in [-0.2, 0) is 9.53 Å². The van der Waals surface area contributed by atoms with Gasteiger partial charge in [0.1, 0.15) is 12.4 Å². The molecule has 0 aliphatic carbocycles. The fourth-order valence-corrected chi connectivity index (χ4v) is 4.48. The summed E-state index contributed by atoms with van der Waals surface area (Å²) in [5.74, 6) is -1.34. The van der Waals surface area contributed by atoms with E-state index < -0.39 is 11.7 Å². The molecule has 1 heterocycles. The quantitative estimate of drug-likeness (QED) is 0.419. The number of methoxy groups -OCH3 is 1. The zero-order valence-electron chi connectivity index (χ0n) is 22.7. The molecule has 1 aliphatic heterocycles. The van der Waals surface area contributed by atoms with Crippen molar-refractivity contribution < 1.29 is 23.5 Å². The van der Waals surface area contributed by atoms with E-state index in [1.54, 1.807) is 17.0 Å². The Morgan fingerprint density at radius 1 is 0.900 bits per heavy atom. The first-order valence-corrected chi connectivity index (χ1v) is 13.1. The van der Waals surface area contributed by atoms with Crippen LogP contribution in [-0.4, -0.2) is 80.6 Å². The number of piperazine rings is 1. The molecule has 0 radical (unpaired) electrons. The summed E-state index contributed by atoms with van der Waals surface area (Å²) in [6, 6.07) is 20.4. The average Bonchev–Trinajstić information content (AvgIpc) is 2.95. The van der Waals surface area contributed by atoms with Crippen molar-refractivity contribution in [3.8, 4) is 0 Å². The third-order valence-corrected chi connectivity index (χ3v) is 6.61. The maximum atomic E-state index is 13.6. The molecule has 0 unspecified atom stereocenters. The summed E-state index contributed by atoms with van der Waals surface area (Å²) in [5.41, 5.74) is 3.61. The average molecular weight is 548 g/mol. The molecular weight excluding hydrogens is 513 g/mol. The van der Waals surface area contributed by atoms with Gasteiger partial charge in [0.2, 0.25) is 5.91 Å². The van der Waals surface area contributed by atoms with E-state index in [1.807, 2.05) is 43.3 Å². The molecule has 0 aromatic heterocycles. The zero-order valence-corrected chi connectivity index (χ0v) is 22.7. The maximum absolute atomic E-state index is 13.6. The number of anilines is 3. The van der Waals surface area contributed by atoms with Crippen LogP contribution in [0.25, 0.3) is 0 Å². The van der Waals surface area contributed by atoms with Crippen LogP contribution in [0.5, 0.6) is 0 Å². The van der Waals surface area contributed by atoms with Crippen LogP contribution in [0.3, 0.4) is 0 Å². The van der Waals surface area contributed by atoms with Crippen LogP contribution < -0.4 is 15.5 Å². The minimum absolute atomic E-state index is 0.112. The summed E-state index contributed by atoms with van der Waals surface area (Å²) in [4.78, 5) is 43.6. The first-order chi connectivity index (χ1) is 19.3. The number of carbonyl (C=O) groups is 3. The summed E-state index contributed by atoms with van der Waals surface area (Å²) in [6.07, 6.45) is 0. The second-order valence-electron chi connectivity index (χ2n) is 9.60. The highest BCUT2D eigenvalue weighted by molar-refractivity contribution is 5.99. The highest BCUT2D eigenvalue weighted by Crippen LogP contribution is 2.20. The molecule has 0 spiro atoms. The number of rotatable bonds is 9. The number of halogens is 1. The lowest BCUT2D eigenvalue weighted by Crippen LogP contribution is -2.50. The Bertz CT molecular complexity index is 1330. The van der Waals surface area contributed by atoms with Crippen LogP contribution in [0.15, 0.2) is 72.8 Å². The lowest BCUT2D eigenvalue weighted by atomic mass is 10.2. The Morgan fingerprint density at radius 2 is 1.62 bits per heavy atom. The fraction of sp³-hybridized carbons (Fsp3) is 0.300. The molecule has 3 aromatic carbocycles. The van der Waals surface area contributed by atoms with Crippen molar-refractivity contribution in [3.05, 3.63) is 89.7 Å². The van der Waals surface area contributed by atoms with Crippen molar-refractivity contribution in [2.45, 2.75) is 6.92 Å². The zero-order chi connectivity index (χ0) is 28.5. The van der Waals surface area contributed by atoms with Gasteiger partial charge in [0.05, 0.1) is 6.61 Å². The standard InChI is InChI=1S/C30H34FN5O4/c1-22-5-3-8-26(19-22)33-30(39)35-15-13-34(14-16-35)27-11-9-25(10-12-27)32-28(37)21-36(17-18-40-2)29(38)23-6-4-7-24(31)20-23/h3-12,19-20H,13-18,21H2,1-2H3,(H,32,37)(H,33,39). The molecule has 3 aromatic rings. The van der Waals surface area contributed by atoms with E-state index in [4.69, 9.17) is 4.74 Å². The lowest BCUT2D eigenvalue weighted by molar-refractivity contribution is -0.117. The van der Waals surface area contributed by atoms with Crippen LogP contribution >= 0.6 is 0 Å². The summed E-state index contributed by atoms with van der Waals surface area (Å²) in [7, 11) is 1.51. The van der Waals surface area contributed by atoms with Gasteiger partial charge in [0, 0.05) is 62.5 Å². The number of nitrogens with one attached hydrogen (secondary N) is 2. The van der Waals surface area contributed by atoms with Crippen LogP contribution in [0.4, 0.5) is 26.2 Å². The predicted octanol–water partition coefficient (Wildman–Crippen LogP) is 4.22. The number of hydrogen-bond acceptors (Lipinski definition) is 5. The Kier molecular flexibility index (Phi) is 9.69. The van der Waals surface area contributed by atoms with Gasteiger partial charge in [-0.2, -0.15) is 0 Å². The molecule has 1 aliphatic rings. The molecule has 0 bridgehead atoms. The lowest BCUT2D eigenvalue weighted by Gasteiger charge is -2.36. The van der Waals surface area contributed by atoms with Crippen molar-refractivity contribution >= 4 is 34.9 Å². The number of urea groups is 1. The molecule has 210 valence electrons. The molecule has 9 nitrogen and oxygen atoms in total. The second-order valence-corrected chi connectivity index (χ2v) is 9.60. The minimum atomic E-state index is -0.519. The van der Waals surface area contributed by atoms with Gasteiger partial charge >= 0.3 is 6.03 Å². The molecule has 0 saturated carbocycles. The van der Waals surface area contributed by atoms with Crippen LogP contribution in [0, 0.1) is 12.7 Å².